The Morgan fingerprint density at radius 3 is 2.93 bits per heavy atom. The maximum Gasteiger partial charge on any atom is 0.137 e. The summed E-state index contributed by atoms with van der Waals surface area (Å²) in [7, 11) is 0. The lowest BCUT2D eigenvalue weighted by Gasteiger charge is -2.11. The van der Waals surface area contributed by atoms with Gasteiger partial charge in [0.15, 0.2) is 0 Å². The SMILES string of the molecule is CC(=O)C1CCc2c1ccc(O)c2CN. The normalized spacial score (nSPS) is 18.9. The molecule has 0 spiro atoms. The van der Waals surface area contributed by atoms with Crippen LogP contribution in [0.4, 0.5) is 0 Å². The first-order valence-electron chi connectivity index (χ1n) is 5.19. The molecule has 1 aliphatic rings. The molecule has 3 N–H and O–H groups in total. The number of fused-ring (bicyclic) bond motifs is 1. The molecule has 0 amide bonds. The molecule has 0 bridgehead atoms. The van der Waals surface area contributed by atoms with E-state index in [0.29, 0.717) is 6.54 Å². The molecule has 15 heavy (non-hydrogen) atoms. The Morgan fingerprint density at radius 2 is 2.33 bits per heavy atom. The minimum Gasteiger partial charge on any atom is -0.508 e. The van der Waals surface area contributed by atoms with Crippen molar-refractivity contribution in [2.24, 2.45) is 5.73 Å². The molecule has 1 aromatic rings. The largest absolute Gasteiger partial charge is 0.508 e. The second kappa shape index (κ2) is 3.66. The van der Waals surface area contributed by atoms with E-state index in [2.05, 4.69) is 0 Å². The Hall–Kier alpha value is -1.35. The van der Waals surface area contributed by atoms with Crippen LogP contribution in [0.2, 0.25) is 0 Å². The summed E-state index contributed by atoms with van der Waals surface area (Å²) in [5, 5.41) is 9.63. The molecule has 1 unspecified atom stereocenters. The summed E-state index contributed by atoms with van der Waals surface area (Å²) in [5.41, 5.74) is 8.54. The lowest BCUT2D eigenvalue weighted by atomic mass is 9.95. The lowest BCUT2D eigenvalue weighted by Crippen LogP contribution is -2.06. The van der Waals surface area contributed by atoms with Gasteiger partial charge in [-0.25, -0.2) is 0 Å². The van der Waals surface area contributed by atoms with Crippen LogP contribution in [0.5, 0.6) is 5.75 Å². The number of carbonyl (C=O) groups is 1. The van der Waals surface area contributed by atoms with E-state index in [1.54, 1.807) is 13.0 Å². The van der Waals surface area contributed by atoms with Gasteiger partial charge in [-0.15, -0.1) is 0 Å². The number of rotatable bonds is 2. The topological polar surface area (TPSA) is 63.3 Å². The monoisotopic (exact) mass is 205 g/mol. The molecule has 0 aromatic heterocycles. The summed E-state index contributed by atoms with van der Waals surface area (Å²) < 4.78 is 0. The first-order chi connectivity index (χ1) is 7.15. The maximum absolute atomic E-state index is 11.4. The molecule has 80 valence electrons. The molecular formula is C12H15NO2. The third-order valence-electron chi connectivity index (χ3n) is 3.20. The number of phenols is 1. The first kappa shape index (κ1) is 10.2. The summed E-state index contributed by atoms with van der Waals surface area (Å²) in [5.74, 6) is 0.453. The molecule has 0 fully saturated rings. The number of hydrogen-bond donors (Lipinski definition) is 2. The highest BCUT2D eigenvalue weighted by molar-refractivity contribution is 5.85. The number of ketones is 1. The summed E-state index contributed by atoms with van der Waals surface area (Å²) in [6.45, 7) is 1.95. The third kappa shape index (κ3) is 1.53. The van der Waals surface area contributed by atoms with Gasteiger partial charge >= 0.3 is 0 Å². The molecule has 0 saturated carbocycles. The quantitative estimate of drug-likeness (QED) is 0.768. The molecule has 3 nitrogen and oxygen atoms in total. The zero-order chi connectivity index (χ0) is 11.0. The van der Waals surface area contributed by atoms with E-state index in [-0.39, 0.29) is 17.5 Å². The van der Waals surface area contributed by atoms with Crippen LogP contribution in [0.3, 0.4) is 0 Å². The lowest BCUT2D eigenvalue weighted by molar-refractivity contribution is -0.118. The zero-order valence-corrected chi connectivity index (χ0v) is 8.79. The van der Waals surface area contributed by atoms with Gasteiger partial charge in [0.1, 0.15) is 11.5 Å². The standard InChI is InChI=1S/C12H15NO2/c1-7(14)8-2-3-10-9(8)4-5-12(15)11(10)6-13/h4-5,8,15H,2-3,6,13H2,1H3. The van der Waals surface area contributed by atoms with E-state index < -0.39 is 0 Å². The fourth-order valence-electron chi connectivity index (χ4n) is 2.41. The Kier molecular flexibility index (Phi) is 2.49. The zero-order valence-electron chi connectivity index (χ0n) is 8.79. The molecule has 0 aliphatic heterocycles. The maximum atomic E-state index is 11.4. The van der Waals surface area contributed by atoms with Crippen molar-refractivity contribution >= 4 is 5.78 Å². The van der Waals surface area contributed by atoms with Gasteiger partial charge in [-0.2, -0.15) is 0 Å². The van der Waals surface area contributed by atoms with Crippen LogP contribution in [-0.4, -0.2) is 10.9 Å². The Morgan fingerprint density at radius 1 is 1.60 bits per heavy atom. The number of aromatic hydroxyl groups is 1. The van der Waals surface area contributed by atoms with Crippen molar-refractivity contribution in [3.05, 3.63) is 28.8 Å². The Bertz CT molecular complexity index is 412. The third-order valence-corrected chi connectivity index (χ3v) is 3.20. The summed E-state index contributed by atoms with van der Waals surface area (Å²) in [6, 6.07) is 3.49. The molecule has 1 atom stereocenters. The predicted molar refractivity (Wildman–Crippen MR) is 57.7 cm³/mol. The molecule has 1 aliphatic carbocycles. The molecule has 1 aromatic carbocycles. The number of phenolic OH excluding ortho intramolecular Hbond substituents is 1. The highest BCUT2D eigenvalue weighted by Gasteiger charge is 2.28. The van der Waals surface area contributed by atoms with Crippen molar-refractivity contribution in [2.75, 3.05) is 0 Å². The number of benzene rings is 1. The van der Waals surface area contributed by atoms with E-state index >= 15 is 0 Å². The number of nitrogens with two attached hydrogens (primary N) is 1. The van der Waals surface area contributed by atoms with Crippen molar-refractivity contribution in [1.29, 1.82) is 0 Å². The average molecular weight is 205 g/mol. The predicted octanol–water partition coefficient (Wildman–Crippen LogP) is 1.47. The second-order valence-electron chi connectivity index (χ2n) is 4.04. The highest BCUT2D eigenvalue weighted by atomic mass is 16.3. The smallest absolute Gasteiger partial charge is 0.137 e. The fraction of sp³-hybridized carbons (Fsp3) is 0.417. The van der Waals surface area contributed by atoms with Gasteiger partial charge in [0.2, 0.25) is 0 Å². The van der Waals surface area contributed by atoms with Crippen molar-refractivity contribution in [3.8, 4) is 5.75 Å². The number of hydrogen-bond acceptors (Lipinski definition) is 3. The summed E-state index contributed by atoms with van der Waals surface area (Å²) in [4.78, 5) is 11.4. The van der Waals surface area contributed by atoms with Gasteiger partial charge in [0, 0.05) is 18.0 Å². The molecule has 2 rings (SSSR count). The van der Waals surface area contributed by atoms with E-state index in [0.717, 1.165) is 29.5 Å². The van der Waals surface area contributed by atoms with Crippen LogP contribution in [0.1, 0.15) is 36.0 Å². The van der Waals surface area contributed by atoms with E-state index in [1.165, 1.54) is 0 Å². The van der Waals surface area contributed by atoms with Gasteiger partial charge in [-0.1, -0.05) is 6.07 Å². The van der Waals surface area contributed by atoms with Crippen molar-refractivity contribution in [3.63, 3.8) is 0 Å². The fourth-order valence-corrected chi connectivity index (χ4v) is 2.41. The van der Waals surface area contributed by atoms with Gasteiger partial charge in [-0.3, -0.25) is 4.79 Å². The van der Waals surface area contributed by atoms with E-state index in [9.17, 15) is 9.90 Å². The molecule has 0 heterocycles. The van der Waals surface area contributed by atoms with E-state index in [1.807, 2.05) is 6.07 Å². The first-order valence-corrected chi connectivity index (χ1v) is 5.19. The minimum absolute atomic E-state index is 0.00546. The minimum atomic E-state index is 0.00546. The van der Waals surface area contributed by atoms with E-state index in [4.69, 9.17) is 5.73 Å². The van der Waals surface area contributed by atoms with Crippen LogP contribution in [0.15, 0.2) is 12.1 Å². The van der Waals surface area contributed by atoms with Gasteiger partial charge in [-0.05, 0) is 37.0 Å². The summed E-state index contributed by atoms with van der Waals surface area (Å²) >= 11 is 0. The van der Waals surface area contributed by atoms with Gasteiger partial charge in [0.05, 0.1) is 0 Å². The highest BCUT2D eigenvalue weighted by Crippen LogP contribution is 2.38. The van der Waals surface area contributed by atoms with Crippen LogP contribution in [0, 0.1) is 0 Å². The van der Waals surface area contributed by atoms with Crippen LogP contribution < -0.4 is 5.73 Å². The van der Waals surface area contributed by atoms with Crippen LogP contribution in [-0.2, 0) is 17.8 Å². The van der Waals surface area contributed by atoms with Gasteiger partial charge < -0.3 is 10.8 Å². The Labute approximate surface area is 88.9 Å². The van der Waals surface area contributed by atoms with Crippen LogP contribution >= 0.6 is 0 Å². The van der Waals surface area contributed by atoms with Crippen molar-refractivity contribution in [2.45, 2.75) is 32.2 Å². The summed E-state index contributed by atoms with van der Waals surface area (Å²) in [6.07, 6.45) is 1.70. The molecule has 0 radical (unpaired) electrons. The van der Waals surface area contributed by atoms with Crippen LogP contribution in [0.25, 0.3) is 0 Å². The number of carbonyl (C=O) groups excluding carboxylic acids is 1. The number of Topliss-reactive ketones (excluding diaryl/α,β-unsaturated/α-hetero) is 1. The Balaban J connectivity index is 2.53. The van der Waals surface area contributed by atoms with Gasteiger partial charge in [0.25, 0.3) is 0 Å². The van der Waals surface area contributed by atoms with Crippen molar-refractivity contribution < 1.29 is 9.90 Å². The molecule has 0 saturated heterocycles. The second-order valence-corrected chi connectivity index (χ2v) is 4.04. The average Bonchev–Trinajstić information content (AvgIpc) is 2.61. The molecular weight excluding hydrogens is 190 g/mol. The molecule has 3 heteroatoms. The van der Waals surface area contributed by atoms with Crippen molar-refractivity contribution in [1.82, 2.24) is 0 Å².